The number of aromatic nitrogens is 3. The highest BCUT2D eigenvalue weighted by Crippen LogP contribution is 2.16. The SMILES string of the molecule is CN(C)Cc1cccc(CNc2c[nH]nc2C(=O)Nc2cccnc2)c1. The number of H-pyrrole nitrogens is 1. The van der Waals surface area contributed by atoms with Crippen LogP contribution in [0.1, 0.15) is 21.6 Å². The molecule has 3 N–H and O–H groups in total. The number of nitrogens with zero attached hydrogens (tertiary/aromatic N) is 3. The van der Waals surface area contributed by atoms with Crippen molar-refractivity contribution < 1.29 is 4.79 Å². The number of pyridine rings is 1. The summed E-state index contributed by atoms with van der Waals surface area (Å²) in [6, 6.07) is 11.9. The summed E-state index contributed by atoms with van der Waals surface area (Å²) < 4.78 is 0. The van der Waals surface area contributed by atoms with Gasteiger partial charge in [-0.25, -0.2) is 0 Å². The maximum Gasteiger partial charge on any atom is 0.278 e. The zero-order chi connectivity index (χ0) is 18.4. The van der Waals surface area contributed by atoms with Crippen LogP contribution in [0.3, 0.4) is 0 Å². The van der Waals surface area contributed by atoms with E-state index in [-0.39, 0.29) is 5.91 Å². The van der Waals surface area contributed by atoms with E-state index in [2.05, 4.69) is 48.9 Å². The van der Waals surface area contributed by atoms with Crippen LogP contribution < -0.4 is 10.6 Å². The normalized spacial score (nSPS) is 10.7. The molecule has 3 aromatic rings. The first-order chi connectivity index (χ1) is 12.6. The average Bonchev–Trinajstić information content (AvgIpc) is 3.09. The van der Waals surface area contributed by atoms with E-state index < -0.39 is 0 Å². The van der Waals surface area contributed by atoms with Crippen molar-refractivity contribution in [1.82, 2.24) is 20.1 Å². The Morgan fingerprint density at radius 3 is 2.81 bits per heavy atom. The van der Waals surface area contributed by atoms with E-state index in [0.717, 1.165) is 12.1 Å². The summed E-state index contributed by atoms with van der Waals surface area (Å²) in [4.78, 5) is 18.5. The zero-order valence-electron chi connectivity index (χ0n) is 14.9. The molecule has 7 heteroatoms. The first-order valence-electron chi connectivity index (χ1n) is 8.33. The van der Waals surface area contributed by atoms with Gasteiger partial charge in [-0.05, 0) is 37.4 Å². The molecule has 26 heavy (non-hydrogen) atoms. The molecule has 0 saturated heterocycles. The summed E-state index contributed by atoms with van der Waals surface area (Å²) >= 11 is 0. The van der Waals surface area contributed by atoms with Crippen LogP contribution in [0.4, 0.5) is 11.4 Å². The van der Waals surface area contributed by atoms with Gasteiger partial charge in [0.15, 0.2) is 5.69 Å². The summed E-state index contributed by atoms with van der Waals surface area (Å²) in [6.45, 7) is 1.49. The highest BCUT2D eigenvalue weighted by Gasteiger charge is 2.15. The molecular formula is C19H22N6O. The van der Waals surface area contributed by atoms with Gasteiger partial charge in [-0.2, -0.15) is 5.10 Å². The Balaban J connectivity index is 1.65. The maximum absolute atomic E-state index is 12.4. The Bertz CT molecular complexity index is 859. The predicted molar refractivity (Wildman–Crippen MR) is 102 cm³/mol. The van der Waals surface area contributed by atoms with Gasteiger partial charge in [0.25, 0.3) is 5.91 Å². The monoisotopic (exact) mass is 350 g/mol. The van der Waals surface area contributed by atoms with Gasteiger partial charge in [-0.1, -0.05) is 24.3 Å². The molecule has 2 aromatic heterocycles. The number of amides is 1. The number of hydrogen-bond acceptors (Lipinski definition) is 5. The lowest BCUT2D eigenvalue weighted by Crippen LogP contribution is -2.15. The van der Waals surface area contributed by atoms with E-state index >= 15 is 0 Å². The molecule has 7 nitrogen and oxygen atoms in total. The number of rotatable bonds is 7. The van der Waals surface area contributed by atoms with Crippen molar-refractivity contribution in [2.75, 3.05) is 24.7 Å². The van der Waals surface area contributed by atoms with Crippen LogP contribution in [0.2, 0.25) is 0 Å². The third kappa shape index (κ3) is 4.67. The summed E-state index contributed by atoms with van der Waals surface area (Å²) in [5.74, 6) is -0.289. The minimum absolute atomic E-state index is 0.289. The molecule has 0 spiro atoms. The van der Waals surface area contributed by atoms with Crippen molar-refractivity contribution >= 4 is 17.3 Å². The van der Waals surface area contributed by atoms with Crippen molar-refractivity contribution in [3.63, 3.8) is 0 Å². The number of hydrogen-bond donors (Lipinski definition) is 3. The van der Waals surface area contributed by atoms with Crippen molar-refractivity contribution in [3.8, 4) is 0 Å². The van der Waals surface area contributed by atoms with E-state index in [4.69, 9.17) is 0 Å². The van der Waals surface area contributed by atoms with Gasteiger partial charge in [0.2, 0.25) is 0 Å². The van der Waals surface area contributed by atoms with Gasteiger partial charge in [0.1, 0.15) is 0 Å². The molecular weight excluding hydrogens is 328 g/mol. The Hall–Kier alpha value is -3.19. The molecule has 3 rings (SSSR count). The zero-order valence-corrected chi connectivity index (χ0v) is 14.9. The first-order valence-corrected chi connectivity index (χ1v) is 8.33. The molecule has 0 radical (unpaired) electrons. The predicted octanol–water partition coefficient (Wildman–Crippen LogP) is 2.73. The molecule has 0 aliphatic carbocycles. The van der Waals surface area contributed by atoms with Crippen molar-refractivity contribution in [3.05, 3.63) is 71.8 Å². The largest absolute Gasteiger partial charge is 0.378 e. The topological polar surface area (TPSA) is 85.9 Å². The fourth-order valence-electron chi connectivity index (χ4n) is 2.63. The second-order valence-corrected chi connectivity index (χ2v) is 6.25. The standard InChI is InChI=1S/C19H22N6O/c1-25(2)13-15-6-3-5-14(9-15)10-21-17-12-22-24-18(17)19(26)23-16-7-4-8-20-11-16/h3-9,11-12,21H,10,13H2,1-2H3,(H,22,24)(H,23,26). The fourth-order valence-corrected chi connectivity index (χ4v) is 2.63. The molecule has 0 aliphatic heterocycles. The van der Waals surface area contributed by atoms with E-state index in [1.807, 2.05) is 20.2 Å². The van der Waals surface area contributed by atoms with Crippen LogP contribution in [0.5, 0.6) is 0 Å². The lowest BCUT2D eigenvalue weighted by molar-refractivity contribution is 0.102. The summed E-state index contributed by atoms with van der Waals surface area (Å²) in [5.41, 5.74) is 3.99. The number of carbonyl (C=O) groups excluding carboxylic acids is 1. The smallest absolute Gasteiger partial charge is 0.278 e. The maximum atomic E-state index is 12.4. The molecule has 0 aliphatic rings. The third-order valence-electron chi connectivity index (χ3n) is 3.75. The highest BCUT2D eigenvalue weighted by atomic mass is 16.2. The van der Waals surface area contributed by atoms with Gasteiger partial charge >= 0.3 is 0 Å². The van der Waals surface area contributed by atoms with Gasteiger partial charge < -0.3 is 15.5 Å². The Morgan fingerprint density at radius 1 is 1.19 bits per heavy atom. The molecule has 0 fully saturated rings. The molecule has 134 valence electrons. The summed E-state index contributed by atoms with van der Waals surface area (Å²) in [7, 11) is 4.09. The highest BCUT2D eigenvalue weighted by molar-refractivity contribution is 6.06. The molecule has 2 heterocycles. The van der Waals surface area contributed by atoms with Gasteiger partial charge in [-0.15, -0.1) is 0 Å². The van der Waals surface area contributed by atoms with E-state index in [1.54, 1.807) is 30.7 Å². The Labute approximate surface area is 152 Å². The third-order valence-corrected chi connectivity index (χ3v) is 3.75. The molecule has 1 aromatic carbocycles. The van der Waals surface area contributed by atoms with Crippen molar-refractivity contribution in [2.24, 2.45) is 0 Å². The first kappa shape index (κ1) is 17.6. The lowest BCUT2D eigenvalue weighted by Gasteiger charge is -2.12. The minimum atomic E-state index is -0.289. The van der Waals surface area contributed by atoms with Gasteiger partial charge in [-0.3, -0.25) is 14.9 Å². The van der Waals surface area contributed by atoms with Crippen LogP contribution in [0, 0.1) is 0 Å². The number of benzene rings is 1. The second-order valence-electron chi connectivity index (χ2n) is 6.25. The lowest BCUT2D eigenvalue weighted by atomic mass is 10.1. The minimum Gasteiger partial charge on any atom is -0.378 e. The Kier molecular flexibility index (Phi) is 5.60. The molecule has 0 unspecified atom stereocenters. The molecule has 0 bridgehead atoms. The summed E-state index contributed by atoms with van der Waals surface area (Å²) in [6.07, 6.45) is 4.93. The number of anilines is 2. The van der Waals surface area contributed by atoms with E-state index in [9.17, 15) is 4.79 Å². The van der Waals surface area contributed by atoms with Gasteiger partial charge in [0.05, 0.1) is 17.6 Å². The van der Waals surface area contributed by atoms with E-state index in [0.29, 0.717) is 23.6 Å². The Morgan fingerprint density at radius 2 is 2.04 bits per heavy atom. The van der Waals surface area contributed by atoms with Crippen molar-refractivity contribution in [1.29, 1.82) is 0 Å². The number of nitrogens with one attached hydrogen (secondary N) is 3. The van der Waals surface area contributed by atoms with Crippen molar-refractivity contribution in [2.45, 2.75) is 13.1 Å². The van der Waals surface area contributed by atoms with Crippen LogP contribution in [-0.2, 0) is 13.1 Å². The number of aromatic amines is 1. The second kappa shape index (κ2) is 8.26. The fraction of sp³-hybridized carbons (Fsp3) is 0.211. The van der Waals surface area contributed by atoms with Crippen LogP contribution in [0.15, 0.2) is 55.0 Å². The van der Waals surface area contributed by atoms with E-state index in [1.165, 1.54) is 5.56 Å². The molecule has 1 amide bonds. The van der Waals surface area contributed by atoms with Gasteiger partial charge in [0, 0.05) is 25.5 Å². The average molecular weight is 350 g/mol. The van der Waals surface area contributed by atoms with Crippen LogP contribution in [-0.4, -0.2) is 40.1 Å². The number of carbonyl (C=O) groups is 1. The molecule has 0 saturated carbocycles. The van der Waals surface area contributed by atoms with Crippen LogP contribution >= 0.6 is 0 Å². The quantitative estimate of drug-likeness (QED) is 0.610. The van der Waals surface area contributed by atoms with Crippen LogP contribution in [0.25, 0.3) is 0 Å². The molecule has 0 atom stereocenters. The summed E-state index contributed by atoms with van der Waals surface area (Å²) in [5, 5.41) is 12.9.